The monoisotopic (exact) mass is 254 g/mol. The highest BCUT2D eigenvalue weighted by molar-refractivity contribution is 5.96. The second-order valence-corrected chi connectivity index (χ2v) is 5.11. The van der Waals surface area contributed by atoms with Crippen LogP contribution in [0.3, 0.4) is 0 Å². The van der Waals surface area contributed by atoms with Crippen LogP contribution in [0.1, 0.15) is 65.2 Å². The van der Waals surface area contributed by atoms with E-state index in [0.717, 1.165) is 51.4 Å². The number of carbonyl (C=O) groups excluding carboxylic acids is 2. The third-order valence-corrected chi connectivity index (χ3v) is 3.46. The molecule has 0 bridgehead atoms. The van der Waals surface area contributed by atoms with Crippen molar-refractivity contribution in [1.29, 1.82) is 0 Å². The molecule has 2 unspecified atom stereocenters. The van der Waals surface area contributed by atoms with Gasteiger partial charge in [0.2, 0.25) is 11.8 Å². The summed E-state index contributed by atoms with van der Waals surface area (Å²) in [6.45, 7) is 4.26. The van der Waals surface area contributed by atoms with Gasteiger partial charge in [-0.05, 0) is 12.8 Å². The van der Waals surface area contributed by atoms with Crippen molar-refractivity contribution < 1.29 is 9.59 Å². The van der Waals surface area contributed by atoms with Gasteiger partial charge in [0, 0.05) is 0 Å². The van der Waals surface area contributed by atoms with E-state index < -0.39 is 0 Å². The van der Waals surface area contributed by atoms with E-state index in [1.54, 1.807) is 0 Å². The maximum atomic E-state index is 11.9. The fourth-order valence-electron chi connectivity index (χ4n) is 2.28. The summed E-state index contributed by atoms with van der Waals surface area (Å²) in [7, 11) is 0. The summed E-state index contributed by atoms with van der Waals surface area (Å²) in [6.07, 6.45) is 7.98. The Bertz CT molecular complexity index is 251. The van der Waals surface area contributed by atoms with Gasteiger partial charge < -0.3 is 10.6 Å². The van der Waals surface area contributed by atoms with E-state index in [1.807, 2.05) is 0 Å². The van der Waals surface area contributed by atoms with Crippen molar-refractivity contribution in [3.05, 3.63) is 0 Å². The standard InChI is InChI=1S/C14H26N2O2/c1-3-5-7-9-11-13(17)16-12(14(18)15-11)10-8-6-4-2/h11-12H,3-10H2,1-2H3,(H,15,18)(H,16,17). The molecule has 2 N–H and O–H groups in total. The molecule has 0 aliphatic carbocycles. The van der Waals surface area contributed by atoms with Crippen molar-refractivity contribution in [3.63, 3.8) is 0 Å². The van der Waals surface area contributed by atoms with Crippen molar-refractivity contribution in [3.8, 4) is 0 Å². The maximum absolute atomic E-state index is 11.9. The minimum absolute atomic E-state index is 0.00722. The van der Waals surface area contributed by atoms with Crippen LogP contribution in [0.2, 0.25) is 0 Å². The van der Waals surface area contributed by atoms with Gasteiger partial charge in [-0.25, -0.2) is 0 Å². The Labute approximate surface area is 110 Å². The lowest BCUT2D eigenvalue weighted by Gasteiger charge is -2.29. The van der Waals surface area contributed by atoms with Crippen LogP contribution in [0.15, 0.2) is 0 Å². The number of carbonyl (C=O) groups is 2. The molecular formula is C14H26N2O2. The van der Waals surface area contributed by atoms with Gasteiger partial charge in [0.05, 0.1) is 0 Å². The zero-order chi connectivity index (χ0) is 13.4. The molecule has 0 spiro atoms. The van der Waals surface area contributed by atoms with Gasteiger partial charge in [0.15, 0.2) is 0 Å². The molecule has 2 amide bonds. The molecule has 0 aromatic carbocycles. The van der Waals surface area contributed by atoms with E-state index >= 15 is 0 Å². The Kier molecular flexibility index (Phi) is 6.76. The number of rotatable bonds is 8. The van der Waals surface area contributed by atoms with Crippen LogP contribution in [0.4, 0.5) is 0 Å². The Morgan fingerprint density at radius 1 is 0.778 bits per heavy atom. The van der Waals surface area contributed by atoms with Gasteiger partial charge in [0.1, 0.15) is 12.1 Å². The first kappa shape index (κ1) is 15.0. The summed E-state index contributed by atoms with van der Waals surface area (Å²) in [5.74, 6) is -0.0144. The van der Waals surface area contributed by atoms with E-state index in [9.17, 15) is 9.59 Å². The summed E-state index contributed by atoms with van der Waals surface area (Å²) >= 11 is 0. The molecule has 4 heteroatoms. The van der Waals surface area contributed by atoms with Crippen molar-refractivity contribution in [2.45, 2.75) is 77.3 Å². The minimum Gasteiger partial charge on any atom is -0.343 e. The molecule has 0 radical (unpaired) electrons. The minimum atomic E-state index is -0.313. The quantitative estimate of drug-likeness (QED) is 0.652. The smallest absolute Gasteiger partial charge is 0.243 e. The highest BCUT2D eigenvalue weighted by Gasteiger charge is 2.32. The van der Waals surface area contributed by atoms with E-state index in [0.29, 0.717) is 0 Å². The number of nitrogens with one attached hydrogen (secondary N) is 2. The molecule has 0 aromatic heterocycles. The van der Waals surface area contributed by atoms with Crippen LogP contribution in [0, 0.1) is 0 Å². The highest BCUT2D eigenvalue weighted by atomic mass is 16.2. The molecule has 1 rings (SSSR count). The van der Waals surface area contributed by atoms with Gasteiger partial charge in [-0.2, -0.15) is 0 Å². The molecule has 0 saturated carbocycles. The molecule has 2 atom stereocenters. The average molecular weight is 254 g/mol. The second-order valence-electron chi connectivity index (χ2n) is 5.11. The van der Waals surface area contributed by atoms with Crippen LogP contribution >= 0.6 is 0 Å². The van der Waals surface area contributed by atoms with Crippen molar-refractivity contribution >= 4 is 11.8 Å². The molecule has 1 fully saturated rings. The zero-order valence-corrected chi connectivity index (χ0v) is 11.6. The Hall–Kier alpha value is -1.06. The van der Waals surface area contributed by atoms with Crippen LogP contribution in [-0.4, -0.2) is 23.9 Å². The summed E-state index contributed by atoms with van der Waals surface area (Å²) < 4.78 is 0. The van der Waals surface area contributed by atoms with E-state index in [4.69, 9.17) is 0 Å². The third-order valence-electron chi connectivity index (χ3n) is 3.46. The molecule has 1 aliphatic heterocycles. The topological polar surface area (TPSA) is 58.2 Å². The second kappa shape index (κ2) is 8.11. The fourth-order valence-corrected chi connectivity index (χ4v) is 2.28. The van der Waals surface area contributed by atoms with Crippen molar-refractivity contribution in [2.75, 3.05) is 0 Å². The summed E-state index contributed by atoms with van der Waals surface area (Å²) in [5, 5.41) is 5.70. The summed E-state index contributed by atoms with van der Waals surface area (Å²) in [5.41, 5.74) is 0. The Morgan fingerprint density at radius 2 is 1.17 bits per heavy atom. The number of hydrogen-bond acceptors (Lipinski definition) is 2. The zero-order valence-electron chi connectivity index (χ0n) is 11.6. The van der Waals surface area contributed by atoms with Gasteiger partial charge in [-0.15, -0.1) is 0 Å². The first-order valence-electron chi connectivity index (χ1n) is 7.29. The molecule has 1 heterocycles. The first-order chi connectivity index (χ1) is 8.69. The molecule has 18 heavy (non-hydrogen) atoms. The molecule has 4 nitrogen and oxygen atoms in total. The maximum Gasteiger partial charge on any atom is 0.243 e. The van der Waals surface area contributed by atoms with Crippen LogP contribution in [0.5, 0.6) is 0 Å². The number of piperazine rings is 1. The van der Waals surface area contributed by atoms with E-state index in [-0.39, 0.29) is 23.9 Å². The third kappa shape index (κ3) is 4.67. The van der Waals surface area contributed by atoms with Gasteiger partial charge in [-0.1, -0.05) is 52.4 Å². The SMILES string of the molecule is CCCCCC1NC(=O)C(CCCCC)NC1=O. The van der Waals surface area contributed by atoms with Gasteiger partial charge in [0.25, 0.3) is 0 Å². The lowest BCUT2D eigenvalue weighted by atomic mass is 10.0. The molecule has 104 valence electrons. The van der Waals surface area contributed by atoms with Crippen molar-refractivity contribution in [1.82, 2.24) is 10.6 Å². The summed E-state index contributed by atoms with van der Waals surface area (Å²) in [4.78, 5) is 23.7. The predicted molar refractivity (Wildman–Crippen MR) is 72.1 cm³/mol. The van der Waals surface area contributed by atoms with E-state index in [1.165, 1.54) is 0 Å². The van der Waals surface area contributed by atoms with Crippen molar-refractivity contribution in [2.24, 2.45) is 0 Å². The average Bonchev–Trinajstić information content (AvgIpc) is 2.35. The number of unbranched alkanes of at least 4 members (excludes halogenated alkanes) is 4. The number of amides is 2. The fraction of sp³-hybridized carbons (Fsp3) is 0.857. The molecule has 1 saturated heterocycles. The van der Waals surface area contributed by atoms with Crippen LogP contribution in [-0.2, 0) is 9.59 Å². The van der Waals surface area contributed by atoms with Crippen LogP contribution in [0.25, 0.3) is 0 Å². The Morgan fingerprint density at radius 3 is 1.50 bits per heavy atom. The normalized spacial score (nSPS) is 23.7. The molecule has 0 aromatic rings. The highest BCUT2D eigenvalue weighted by Crippen LogP contribution is 2.11. The number of hydrogen-bond donors (Lipinski definition) is 2. The molecule has 1 aliphatic rings. The largest absolute Gasteiger partial charge is 0.343 e. The lowest BCUT2D eigenvalue weighted by Crippen LogP contribution is -2.61. The Balaban J connectivity index is 2.34. The van der Waals surface area contributed by atoms with Crippen LogP contribution < -0.4 is 10.6 Å². The predicted octanol–water partition coefficient (Wildman–Crippen LogP) is 2.13. The van der Waals surface area contributed by atoms with Gasteiger partial charge in [-0.3, -0.25) is 9.59 Å². The van der Waals surface area contributed by atoms with Gasteiger partial charge >= 0.3 is 0 Å². The lowest BCUT2D eigenvalue weighted by molar-refractivity contribution is -0.137. The first-order valence-corrected chi connectivity index (χ1v) is 7.29. The van der Waals surface area contributed by atoms with E-state index in [2.05, 4.69) is 24.5 Å². The summed E-state index contributed by atoms with van der Waals surface area (Å²) in [6, 6.07) is -0.627. The molecular weight excluding hydrogens is 228 g/mol.